The summed E-state index contributed by atoms with van der Waals surface area (Å²) in [6.07, 6.45) is 3.25. The molecule has 0 radical (unpaired) electrons. The molecule has 0 bridgehead atoms. The molecule has 4 nitrogen and oxygen atoms in total. The van der Waals surface area contributed by atoms with E-state index < -0.39 is 0 Å². The molecule has 1 aromatic carbocycles. The average molecular weight is 275 g/mol. The van der Waals surface area contributed by atoms with Crippen molar-refractivity contribution in [1.82, 2.24) is 4.90 Å². The molecule has 1 amide bonds. The Morgan fingerprint density at radius 3 is 2.45 bits per heavy atom. The molecular weight excluding hydrogens is 254 g/mol. The van der Waals surface area contributed by atoms with Gasteiger partial charge in [0.25, 0.3) is 0 Å². The minimum atomic E-state index is 0.213. The van der Waals surface area contributed by atoms with Gasteiger partial charge in [-0.05, 0) is 24.1 Å². The number of likely N-dealkylation sites (tertiary alicyclic amines) is 1. The number of hydrogen-bond donors (Lipinski definition) is 0. The first kappa shape index (κ1) is 14.4. The van der Waals surface area contributed by atoms with E-state index in [-0.39, 0.29) is 5.91 Å². The number of carbonyl (C=O) groups is 1. The van der Waals surface area contributed by atoms with E-state index in [1.54, 1.807) is 14.2 Å². The highest BCUT2D eigenvalue weighted by atomic mass is 16.5. The molecule has 1 heterocycles. The highest BCUT2D eigenvalue weighted by molar-refractivity contribution is 5.79. The highest BCUT2D eigenvalue weighted by Crippen LogP contribution is 2.24. The normalized spacial score (nSPS) is 18.2. The third kappa shape index (κ3) is 3.32. The summed E-state index contributed by atoms with van der Waals surface area (Å²) in [5, 5.41) is 0. The minimum absolute atomic E-state index is 0.213. The first-order chi connectivity index (χ1) is 9.66. The number of nitrogens with zero attached hydrogens (tertiary/aromatic N) is 1. The Hall–Kier alpha value is -1.97. The van der Waals surface area contributed by atoms with Crippen molar-refractivity contribution in [3.05, 3.63) is 36.4 Å². The van der Waals surface area contributed by atoms with Crippen LogP contribution in [0.1, 0.15) is 12.0 Å². The molecule has 1 atom stereocenters. The SMILES string of the molecule is C=CC1CC(=O)N(CCc2cc(OC)cc(OC)c2)C1. The zero-order valence-corrected chi connectivity index (χ0v) is 12.1. The number of carbonyl (C=O) groups excluding carboxylic acids is 1. The molecule has 0 aromatic heterocycles. The number of benzene rings is 1. The number of rotatable bonds is 6. The summed E-state index contributed by atoms with van der Waals surface area (Å²) in [5.41, 5.74) is 1.11. The summed E-state index contributed by atoms with van der Waals surface area (Å²) in [6.45, 7) is 5.27. The van der Waals surface area contributed by atoms with Crippen LogP contribution in [0.3, 0.4) is 0 Å². The molecule has 1 aliphatic heterocycles. The fourth-order valence-corrected chi connectivity index (χ4v) is 2.45. The largest absolute Gasteiger partial charge is 0.497 e. The van der Waals surface area contributed by atoms with E-state index in [2.05, 4.69) is 6.58 Å². The van der Waals surface area contributed by atoms with Gasteiger partial charge in [0.15, 0.2) is 0 Å². The summed E-state index contributed by atoms with van der Waals surface area (Å²) in [6, 6.07) is 5.81. The molecule has 4 heteroatoms. The summed E-state index contributed by atoms with van der Waals surface area (Å²) in [4.78, 5) is 13.7. The van der Waals surface area contributed by atoms with Crippen LogP contribution >= 0.6 is 0 Å². The minimum Gasteiger partial charge on any atom is -0.497 e. The first-order valence-corrected chi connectivity index (χ1v) is 6.78. The molecule has 1 unspecified atom stereocenters. The van der Waals surface area contributed by atoms with Crippen LogP contribution in [0.5, 0.6) is 11.5 Å². The lowest BCUT2D eigenvalue weighted by Gasteiger charge is -2.16. The zero-order valence-electron chi connectivity index (χ0n) is 12.1. The number of ether oxygens (including phenoxy) is 2. The lowest BCUT2D eigenvalue weighted by Crippen LogP contribution is -2.27. The molecule has 2 rings (SSSR count). The summed E-state index contributed by atoms with van der Waals surface area (Å²) in [7, 11) is 3.27. The fourth-order valence-electron chi connectivity index (χ4n) is 2.45. The van der Waals surface area contributed by atoms with Gasteiger partial charge in [0.1, 0.15) is 11.5 Å². The predicted octanol–water partition coefficient (Wildman–Crippen LogP) is 2.28. The van der Waals surface area contributed by atoms with Crippen LogP contribution < -0.4 is 9.47 Å². The van der Waals surface area contributed by atoms with Crippen molar-refractivity contribution in [3.8, 4) is 11.5 Å². The van der Waals surface area contributed by atoms with Gasteiger partial charge in [-0.25, -0.2) is 0 Å². The topological polar surface area (TPSA) is 38.8 Å². The Morgan fingerprint density at radius 2 is 1.95 bits per heavy atom. The zero-order chi connectivity index (χ0) is 14.5. The van der Waals surface area contributed by atoms with Crippen LogP contribution in [0.2, 0.25) is 0 Å². The molecule has 1 aliphatic rings. The van der Waals surface area contributed by atoms with Crippen molar-refractivity contribution in [3.63, 3.8) is 0 Å². The number of methoxy groups -OCH3 is 2. The molecular formula is C16H21NO3. The second-order valence-corrected chi connectivity index (χ2v) is 5.01. The van der Waals surface area contributed by atoms with Gasteiger partial charge in [-0.3, -0.25) is 4.79 Å². The summed E-state index contributed by atoms with van der Waals surface area (Å²) < 4.78 is 10.5. The number of hydrogen-bond acceptors (Lipinski definition) is 3. The molecule has 1 fully saturated rings. The molecule has 0 saturated carbocycles. The summed E-state index contributed by atoms with van der Waals surface area (Å²) in [5.74, 6) is 2.05. The lowest BCUT2D eigenvalue weighted by molar-refractivity contribution is -0.127. The molecule has 20 heavy (non-hydrogen) atoms. The summed E-state index contributed by atoms with van der Waals surface area (Å²) >= 11 is 0. The van der Waals surface area contributed by atoms with Crippen LogP contribution in [0.4, 0.5) is 0 Å². The van der Waals surface area contributed by atoms with Crippen LogP contribution in [-0.2, 0) is 11.2 Å². The maximum absolute atomic E-state index is 11.8. The maximum atomic E-state index is 11.8. The van der Waals surface area contributed by atoms with Crippen LogP contribution in [0, 0.1) is 5.92 Å². The smallest absolute Gasteiger partial charge is 0.223 e. The fraction of sp³-hybridized carbons (Fsp3) is 0.438. The Kier molecular flexibility index (Phi) is 4.66. The molecule has 108 valence electrons. The Labute approximate surface area is 120 Å². The van der Waals surface area contributed by atoms with Crippen LogP contribution in [0.25, 0.3) is 0 Å². The van der Waals surface area contributed by atoms with Crippen molar-refractivity contribution in [2.24, 2.45) is 5.92 Å². The highest BCUT2D eigenvalue weighted by Gasteiger charge is 2.26. The van der Waals surface area contributed by atoms with Gasteiger partial charge in [0, 0.05) is 31.5 Å². The van der Waals surface area contributed by atoms with E-state index >= 15 is 0 Å². The van der Waals surface area contributed by atoms with Gasteiger partial charge in [-0.1, -0.05) is 6.08 Å². The third-order valence-electron chi connectivity index (χ3n) is 3.66. The Morgan fingerprint density at radius 1 is 1.30 bits per heavy atom. The van der Waals surface area contributed by atoms with E-state index in [1.165, 1.54) is 0 Å². The monoisotopic (exact) mass is 275 g/mol. The van der Waals surface area contributed by atoms with Crippen molar-refractivity contribution < 1.29 is 14.3 Å². The Balaban J connectivity index is 2.00. The second-order valence-electron chi connectivity index (χ2n) is 5.01. The predicted molar refractivity (Wildman–Crippen MR) is 78.1 cm³/mol. The van der Waals surface area contributed by atoms with Gasteiger partial charge >= 0.3 is 0 Å². The van der Waals surface area contributed by atoms with Crippen molar-refractivity contribution in [2.45, 2.75) is 12.8 Å². The molecule has 0 aliphatic carbocycles. The first-order valence-electron chi connectivity index (χ1n) is 6.78. The molecule has 1 aromatic rings. The molecule has 1 saturated heterocycles. The van der Waals surface area contributed by atoms with E-state index in [1.807, 2.05) is 29.2 Å². The van der Waals surface area contributed by atoms with Gasteiger partial charge in [0.2, 0.25) is 5.91 Å². The van der Waals surface area contributed by atoms with Crippen molar-refractivity contribution in [2.75, 3.05) is 27.3 Å². The second kappa shape index (κ2) is 6.46. The van der Waals surface area contributed by atoms with Crippen molar-refractivity contribution in [1.29, 1.82) is 0 Å². The molecule has 0 N–H and O–H groups in total. The van der Waals surface area contributed by atoms with Gasteiger partial charge < -0.3 is 14.4 Å². The van der Waals surface area contributed by atoms with Gasteiger partial charge in [-0.15, -0.1) is 6.58 Å². The van der Waals surface area contributed by atoms with Gasteiger partial charge in [0.05, 0.1) is 14.2 Å². The van der Waals surface area contributed by atoms with Crippen LogP contribution in [0.15, 0.2) is 30.9 Å². The van der Waals surface area contributed by atoms with Crippen LogP contribution in [-0.4, -0.2) is 38.1 Å². The maximum Gasteiger partial charge on any atom is 0.223 e. The number of amides is 1. The lowest BCUT2D eigenvalue weighted by atomic mass is 10.1. The standard InChI is InChI=1S/C16H21NO3/c1-4-12-9-16(18)17(11-12)6-5-13-7-14(19-2)10-15(8-13)20-3/h4,7-8,10,12H,1,5-6,9,11H2,2-3H3. The van der Waals surface area contributed by atoms with Gasteiger partial charge in [-0.2, -0.15) is 0 Å². The van der Waals surface area contributed by atoms with E-state index in [0.29, 0.717) is 12.3 Å². The van der Waals surface area contributed by atoms with Crippen molar-refractivity contribution >= 4 is 5.91 Å². The van der Waals surface area contributed by atoms with E-state index in [4.69, 9.17) is 9.47 Å². The third-order valence-corrected chi connectivity index (χ3v) is 3.66. The molecule has 0 spiro atoms. The van der Waals surface area contributed by atoms with E-state index in [0.717, 1.165) is 36.6 Å². The Bertz CT molecular complexity index is 476. The van der Waals surface area contributed by atoms with E-state index in [9.17, 15) is 4.79 Å². The average Bonchev–Trinajstić information content (AvgIpc) is 2.85. The quantitative estimate of drug-likeness (QED) is 0.748.